The number of aromatic nitrogens is 1. The van der Waals surface area contributed by atoms with E-state index in [-0.39, 0.29) is 11.9 Å². The number of nitrogens with two attached hydrogens (primary N) is 1. The lowest BCUT2D eigenvalue weighted by Gasteiger charge is -2.16. The van der Waals surface area contributed by atoms with Crippen LogP contribution in [0.4, 0.5) is 0 Å². The van der Waals surface area contributed by atoms with Gasteiger partial charge < -0.3 is 15.6 Å². The molecule has 2 heterocycles. The van der Waals surface area contributed by atoms with Crippen LogP contribution in [0.15, 0.2) is 22.0 Å². The molecule has 0 aromatic carbocycles. The van der Waals surface area contributed by atoms with E-state index in [1.807, 2.05) is 38.3 Å². The molecule has 0 fully saturated rings. The molecular weight excluding hydrogens is 262 g/mol. The summed E-state index contributed by atoms with van der Waals surface area (Å²) in [6.45, 7) is 5.58. The summed E-state index contributed by atoms with van der Waals surface area (Å²) in [6, 6.07) is 2.92. The third kappa shape index (κ3) is 2.85. The van der Waals surface area contributed by atoms with Gasteiger partial charge in [0.15, 0.2) is 0 Å². The number of carbonyl (C=O) groups excluding carboxylic acids is 1. The summed E-state index contributed by atoms with van der Waals surface area (Å²) in [6.07, 6.45) is 0. The molecule has 6 heteroatoms. The van der Waals surface area contributed by atoms with Crippen molar-refractivity contribution in [2.45, 2.75) is 32.9 Å². The van der Waals surface area contributed by atoms with Gasteiger partial charge in [-0.3, -0.25) is 4.79 Å². The summed E-state index contributed by atoms with van der Waals surface area (Å²) in [5.41, 5.74) is 7.62. The van der Waals surface area contributed by atoms with Gasteiger partial charge in [-0.1, -0.05) is 11.2 Å². The number of aryl methyl sites for hydroxylation is 2. The molecule has 2 aromatic heterocycles. The van der Waals surface area contributed by atoms with Gasteiger partial charge in [0.25, 0.3) is 0 Å². The molecule has 0 bridgehead atoms. The number of hydrogen-bond donors (Lipinski definition) is 2. The van der Waals surface area contributed by atoms with Crippen LogP contribution in [0, 0.1) is 13.8 Å². The van der Waals surface area contributed by atoms with Crippen LogP contribution < -0.4 is 11.1 Å². The highest BCUT2D eigenvalue weighted by Gasteiger charge is 2.22. The normalized spacial score (nSPS) is 14.1. The largest absolute Gasteiger partial charge is 0.361 e. The molecule has 5 nitrogen and oxygen atoms in total. The lowest BCUT2D eigenvalue weighted by molar-refractivity contribution is -0.123. The smallest absolute Gasteiger partial charge is 0.242 e. The van der Waals surface area contributed by atoms with Crippen LogP contribution in [0.1, 0.15) is 40.9 Å². The highest BCUT2D eigenvalue weighted by Crippen LogP contribution is 2.22. The summed E-state index contributed by atoms with van der Waals surface area (Å²) in [4.78, 5) is 12.9. The average molecular weight is 279 g/mol. The highest BCUT2D eigenvalue weighted by molar-refractivity contribution is 7.10. The summed E-state index contributed by atoms with van der Waals surface area (Å²) in [5.74, 6) is 0.518. The minimum atomic E-state index is -0.636. The van der Waals surface area contributed by atoms with Gasteiger partial charge in [0.05, 0.1) is 11.7 Å². The van der Waals surface area contributed by atoms with E-state index in [2.05, 4.69) is 10.5 Å². The molecule has 0 aliphatic rings. The molecule has 0 aliphatic carbocycles. The SMILES string of the molecule is Cc1noc(C)c1C(C)NC(=O)C(N)c1cccs1. The van der Waals surface area contributed by atoms with Crippen molar-refractivity contribution in [2.75, 3.05) is 0 Å². The molecule has 19 heavy (non-hydrogen) atoms. The second kappa shape index (κ2) is 5.54. The zero-order valence-corrected chi connectivity index (χ0v) is 12.0. The molecule has 2 atom stereocenters. The predicted octanol–water partition coefficient (Wildman–Crippen LogP) is 2.23. The molecular formula is C13H17N3O2S. The number of hydrogen-bond acceptors (Lipinski definition) is 5. The first-order valence-corrected chi connectivity index (χ1v) is 6.90. The van der Waals surface area contributed by atoms with Crippen molar-refractivity contribution in [1.29, 1.82) is 0 Å². The van der Waals surface area contributed by atoms with Crippen molar-refractivity contribution in [3.63, 3.8) is 0 Å². The first kappa shape index (κ1) is 13.8. The Hall–Kier alpha value is -1.66. The molecule has 2 rings (SSSR count). The summed E-state index contributed by atoms with van der Waals surface area (Å²) in [5, 5.41) is 8.68. The van der Waals surface area contributed by atoms with Crippen LogP contribution in [0.5, 0.6) is 0 Å². The highest BCUT2D eigenvalue weighted by atomic mass is 32.1. The third-order valence-corrected chi connectivity index (χ3v) is 3.97. The Bertz CT molecular complexity index is 543. The maximum Gasteiger partial charge on any atom is 0.242 e. The van der Waals surface area contributed by atoms with E-state index >= 15 is 0 Å². The van der Waals surface area contributed by atoms with Gasteiger partial charge in [-0.25, -0.2) is 0 Å². The first-order valence-electron chi connectivity index (χ1n) is 6.02. The lowest BCUT2D eigenvalue weighted by atomic mass is 10.1. The molecule has 0 aliphatic heterocycles. The molecule has 0 spiro atoms. The first-order chi connectivity index (χ1) is 9.00. The fourth-order valence-electron chi connectivity index (χ4n) is 2.08. The van der Waals surface area contributed by atoms with E-state index < -0.39 is 6.04 Å². The van der Waals surface area contributed by atoms with E-state index in [0.717, 1.165) is 21.9 Å². The molecule has 2 unspecified atom stereocenters. The van der Waals surface area contributed by atoms with Gasteiger partial charge in [-0.05, 0) is 32.2 Å². The number of carbonyl (C=O) groups is 1. The molecule has 102 valence electrons. The number of rotatable bonds is 4. The number of nitrogens with one attached hydrogen (secondary N) is 1. The molecule has 0 saturated heterocycles. The van der Waals surface area contributed by atoms with E-state index in [1.54, 1.807) is 0 Å². The number of thiophene rings is 1. The average Bonchev–Trinajstić information content (AvgIpc) is 2.98. The van der Waals surface area contributed by atoms with Crippen LogP contribution in [0.25, 0.3) is 0 Å². The minimum absolute atomic E-state index is 0.176. The van der Waals surface area contributed by atoms with E-state index in [9.17, 15) is 4.79 Å². The molecule has 2 aromatic rings. The van der Waals surface area contributed by atoms with Gasteiger partial charge in [0, 0.05) is 10.4 Å². The van der Waals surface area contributed by atoms with Gasteiger partial charge in [-0.2, -0.15) is 0 Å². The third-order valence-electron chi connectivity index (χ3n) is 3.01. The molecule has 0 radical (unpaired) electrons. The molecule has 0 saturated carbocycles. The van der Waals surface area contributed by atoms with Crippen molar-refractivity contribution < 1.29 is 9.32 Å². The molecule has 1 amide bonds. The Kier molecular flexibility index (Phi) is 4.01. The fourth-order valence-corrected chi connectivity index (χ4v) is 2.81. The van der Waals surface area contributed by atoms with Crippen molar-refractivity contribution in [2.24, 2.45) is 5.73 Å². The van der Waals surface area contributed by atoms with Crippen LogP contribution in [0.2, 0.25) is 0 Å². The standard InChI is InChI=1S/C13H17N3O2S/c1-7(11-8(2)16-18-9(11)3)15-13(17)12(14)10-5-4-6-19-10/h4-7,12H,14H2,1-3H3,(H,15,17). The zero-order valence-electron chi connectivity index (χ0n) is 11.1. The van der Waals surface area contributed by atoms with Crippen LogP contribution in [-0.2, 0) is 4.79 Å². The van der Waals surface area contributed by atoms with Crippen molar-refractivity contribution >= 4 is 17.2 Å². The quantitative estimate of drug-likeness (QED) is 0.899. The van der Waals surface area contributed by atoms with Crippen molar-refractivity contribution in [1.82, 2.24) is 10.5 Å². The second-order valence-electron chi connectivity index (χ2n) is 4.46. The monoisotopic (exact) mass is 279 g/mol. The Morgan fingerprint density at radius 1 is 1.53 bits per heavy atom. The van der Waals surface area contributed by atoms with E-state index in [4.69, 9.17) is 10.3 Å². The van der Waals surface area contributed by atoms with Crippen LogP contribution in [0.3, 0.4) is 0 Å². The summed E-state index contributed by atoms with van der Waals surface area (Å²) in [7, 11) is 0. The van der Waals surface area contributed by atoms with Crippen molar-refractivity contribution in [3.8, 4) is 0 Å². The Labute approximate surface area is 115 Å². The summed E-state index contributed by atoms with van der Waals surface area (Å²) >= 11 is 1.47. The van der Waals surface area contributed by atoms with Crippen LogP contribution in [-0.4, -0.2) is 11.1 Å². The topological polar surface area (TPSA) is 81.2 Å². The lowest BCUT2D eigenvalue weighted by Crippen LogP contribution is -2.35. The predicted molar refractivity (Wildman–Crippen MR) is 73.8 cm³/mol. The van der Waals surface area contributed by atoms with Crippen molar-refractivity contribution in [3.05, 3.63) is 39.4 Å². The van der Waals surface area contributed by atoms with Gasteiger partial charge in [0.1, 0.15) is 11.8 Å². The maximum atomic E-state index is 12.1. The van der Waals surface area contributed by atoms with Gasteiger partial charge in [-0.15, -0.1) is 11.3 Å². The second-order valence-corrected chi connectivity index (χ2v) is 5.44. The van der Waals surface area contributed by atoms with E-state index in [0.29, 0.717) is 0 Å². The molecule has 3 N–H and O–H groups in total. The van der Waals surface area contributed by atoms with Crippen LogP contribution >= 0.6 is 11.3 Å². The van der Waals surface area contributed by atoms with Gasteiger partial charge in [0.2, 0.25) is 5.91 Å². The Balaban J connectivity index is 2.07. The van der Waals surface area contributed by atoms with E-state index in [1.165, 1.54) is 11.3 Å². The number of nitrogens with zero attached hydrogens (tertiary/aromatic N) is 1. The van der Waals surface area contributed by atoms with Gasteiger partial charge >= 0.3 is 0 Å². The maximum absolute atomic E-state index is 12.1. The minimum Gasteiger partial charge on any atom is -0.361 e. The number of amides is 1. The fraction of sp³-hybridized carbons (Fsp3) is 0.385. The Morgan fingerprint density at radius 2 is 2.26 bits per heavy atom. The Morgan fingerprint density at radius 3 is 2.79 bits per heavy atom. The zero-order chi connectivity index (χ0) is 14.0. The summed E-state index contributed by atoms with van der Waals surface area (Å²) < 4.78 is 5.10.